The molecule has 0 fully saturated rings. The van der Waals surface area contributed by atoms with Gasteiger partial charge in [-0.05, 0) is 6.42 Å². The van der Waals surface area contributed by atoms with Crippen molar-refractivity contribution in [2.45, 2.75) is 19.8 Å². The van der Waals surface area contributed by atoms with Crippen LogP contribution in [0.1, 0.15) is 19.2 Å². The fourth-order valence-corrected chi connectivity index (χ4v) is 2.92. The number of aryl methyl sites for hydroxylation is 2. The minimum Gasteiger partial charge on any atom is -0.274 e. The van der Waals surface area contributed by atoms with Gasteiger partial charge < -0.3 is 0 Å². The van der Waals surface area contributed by atoms with Crippen molar-refractivity contribution in [3.63, 3.8) is 0 Å². The van der Waals surface area contributed by atoms with Crippen LogP contribution in [-0.2, 0) is 13.5 Å². The topological polar surface area (TPSA) is 60.9 Å². The summed E-state index contributed by atoms with van der Waals surface area (Å²) >= 11 is 7.56. The van der Waals surface area contributed by atoms with Gasteiger partial charge in [0.2, 0.25) is 4.96 Å². The van der Waals surface area contributed by atoms with E-state index in [0.717, 1.165) is 28.6 Å². The van der Waals surface area contributed by atoms with Crippen LogP contribution in [0.5, 0.6) is 0 Å². The molecular weight excluding hydrogens is 272 g/mol. The van der Waals surface area contributed by atoms with Crippen molar-refractivity contribution in [1.29, 1.82) is 0 Å². The predicted molar refractivity (Wildman–Crippen MR) is 69.9 cm³/mol. The Balaban J connectivity index is 2.11. The molecule has 0 aliphatic carbocycles. The second-order valence-corrected chi connectivity index (χ2v) is 5.33. The molecule has 0 amide bonds. The number of aromatic nitrogens is 6. The number of hydrogen-bond donors (Lipinski definition) is 0. The van der Waals surface area contributed by atoms with E-state index >= 15 is 0 Å². The number of rotatable bonds is 3. The van der Waals surface area contributed by atoms with E-state index in [4.69, 9.17) is 11.6 Å². The smallest absolute Gasteiger partial charge is 0.235 e. The van der Waals surface area contributed by atoms with Crippen molar-refractivity contribution in [3.8, 4) is 10.7 Å². The molecule has 3 aromatic heterocycles. The summed E-state index contributed by atoms with van der Waals surface area (Å²) in [6.07, 6.45) is 3.63. The Morgan fingerprint density at radius 2 is 2.17 bits per heavy atom. The normalized spacial score (nSPS) is 11.5. The highest BCUT2D eigenvalue weighted by Crippen LogP contribution is 2.29. The Kier molecular flexibility index (Phi) is 2.79. The zero-order valence-corrected chi connectivity index (χ0v) is 11.5. The molecule has 0 saturated heterocycles. The molecule has 94 valence electrons. The van der Waals surface area contributed by atoms with E-state index in [1.807, 2.05) is 7.05 Å². The molecule has 6 nitrogen and oxygen atoms in total. The first kappa shape index (κ1) is 11.6. The standard InChI is InChI=1S/C10H11ClN6S/c1-3-4-7-12-13-10-17(7)15-9(18-10)8-6(11)5-16(2)14-8/h5H,3-4H2,1-2H3. The van der Waals surface area contributed by atoms with E-state index in [9.17, 15) is 0 Å². The summed E-state index contributed by atoms with van der Waals surface area (Å²) in [5.74, 6) is 0.877. The van der Waals surface area contributed by atoms with Crippen LogP contribution in [0.15, 0.2) is 6.20 Å². The highest BCUT2D eigenvalue weighted by molar-refractivity contribution is 7.19. The van der Waals surface area contributed by atoms with Crippen molar-refractivity contribution in [3.05, 3.63) is 17.0 Å². The fourth-order valence-electron chi connectivity index (χ4n) is 1.74. The van der Waals surface area contributed by atoms with Gasteiger partial charge in [0, 0.05) is 19.7 Å². The summed E-state index contributed by atoms with van der Waals surface area (Å²) in [7, 11) is 1.83. The van der Waals surface area contributed by atoms with Gasteiger partial charge in [-0.2, -0.15) is 14.7 Å². The molecule has 0 bridgehead atoms. The predicted octanol–water partition coefficient (Wildman–Crippen LogP) is 2.19. The van der Waals surface area contributed by atoms with Gasteiger partial charge in [0.05, 0.1) is 5.02 Å². The molecule has 0 radical (unpaired) electrons. The van der Waals surface area contributed by atoms with Crippen molar-refractivity contribution in [1.82, 2.24) is 29.6 Å². The number of halogens is 1. The maximum absolute atomic E-state index is 6.11. The molecule has 0 saturated carbocycles. The van der Waals surface area contributed by atoms with Crippen LogP contribution in [0.2, 0.25) is 5.02 Å². The highest BCUT2D eigenvalue weighted by Gasteiger charge is 2.16. The molecule has 3 rings (SSSR count). The van der Waals surface area contributed by atoms with E-state index < -0.39 is 0 Å². The van der Waals surface area contributed by atoms with Gasteiger partial charge in [-0.15, -0.1) is 10.2 Å². The van der Waals surface area contributed by atoms with E-state index in [-0.39, 0.29) is 0 Å². The average molecular weight is 283 g/mol. The summed E-state index contributed by atoms with van der Waals surface area (Å²) in [4.78, 5) is 0.773. The molecule has 0 unspecified atom stereocenters. The molecular formula is C10H11ClN6S. The zero-order chi connectivity index (χ0) is 12.7. The Morgan fingerprint density at radius 1 is 1.33 bits per heavy atom. The monoisotopic (exact) mass is 282 g/mol. The summed E-state index contributed by atoms with van der Waals surface area (Å²) in [5.41, 5.74) is 0.692. The van der Waals surface area contributed by atoms with Crippen molar-refractivity contribution in [2.24, 2.45) is 7.05 Å². The first-order valence-electron chi connectivity index (χ1n) is 5.59. The summed E-state index contributed by atoms with van der Waals surface area (Å²) in [5, 5.41) is 18.4. The lowest BCUT2D eigenvalue weighted by Gasteiger charge is -1.91. The van der Waals surface area contributed by atoms with Gasteiger partial charge >= 0.3 is 0 Å². The quantitative estimate of drug-likeness (QED) is 0.739. The van der Waals surface area contributed by atoms with Crippen molar-refractivity contribution in [2.75, 3.05) is 0 Å². The minimum absolute atomic E-state index is 0.597. The molecule has 3 aromatic rings. The molecule has 8 heteroatoms. The first-order chi connectivity index (χ1) is 8.69. The first-order valence-corrected chi connectivity index (χ1v) is 6.79. The fraction of sp³-hybridized carbons (Fsp3) is 0.400. The van der Waals surface area contributed by atoms with Gasteiger partial charge in [-0.1, -0.05) is 29.9 Å². The minimum atomic E-state index is 0.597. The molecule has 18 heavy (non-hydrogen) atoms. The Hall–Kier alpha value is -1.47. The van der Waals surface area contributed by atoms with Gasteiger partial charge in [-0.25, -0.2) is 0 Å². The van der Waals surface area contributed by atoms with Crippen LogP contribution in [0, 0.1) is 0 Å². The van der Waals surface area contributed by atoms with Crippen LogP contribution in [0.3, 0.4) is 0 Å². The lowest BCUT2D eigenvalue weighted by molar-refractivity contribution is 0.763. The lowest BCUT2D eigenvalue weighted by atomic mass is 10.3. The second-order valence-electron chi connectivity index (χ2n) is 3.97. The maximum atomic E-state index is 6.11. The maximum Gasteiger partial charge on any atom is 0.235 e. The molecule has 0 aromatic carbocycles. The zero-order valence-electron chi connectivity index (χ0n) is 9.96. The van der Waals surface area contributed by atoms with Gasteiger partial charge in [0.15, 0.2) is 10.8 Å². The van der Waals surface area contributed by atoms with Crippen LogP contribution in [0.25, 0.3) is 15.7 Å². The lowest BCUT2D eigenvalue weighted by Crippen LogP contribution is -1.95. The van der Waals surface area contributed by atoms with Gasteiger partial charge in [-0.3, -0.25) is 4.68 Å². The second kappa shape index (κ2) is 4.33. The Bertz CT molecular complexity index is 696. The van der Waals surface area contributed by atoms with Crippen LogP contribution in [-0.4, -0.2) is 29.6 Å². The van der Waals surface area contributed by atoms with Crippen molar-refractivity contribution >= 4 is 27.9 Å². The Morgan fingerprint density at radius 3 is 2.83 bits per heavy atom. The molecule has 0 atom stereocenters. The summed E-state index contributed by atoms with van der Waals surface area (Å²) < 4.78 is 3.45. The van der Waals surface area contributed by atoms with E-state index in [0.29, 0.717) is 10.7 Å². The third kappa shape index (κ3) is 1.79. The largest absolute Gasteiger partial charge is 0.274 e. The third-order valence-electron chi connectivity index (χ3n) is 2.52. The third-order valence-corrected chi connectivity index (χ3v) is 3.70. The molecule has 0 spiro atoms. The number of fused-ring (bicyclic) bond motifs is 1. The molecule has 0 aliphatic rings. The summed E-state index contributed by atoms with van der Waals surface area (Å²) in [6.45, 7) is 2.10. The van der Waals surface area contributed by atoms with Gasteiger partial charge in [0.1, 0.15) is 5.69 Å². The van der Waals surface area contributed by atoms with Crippen molar-refractivity contribution < 1.29 is 0 Å². The number of hydrogen-bond acceptors (Lipinski definition) is 5. The van der Waals surface area contributed by atoms with Crippen LogP contribution in [0.4, 0.5) is 0 Å². The molecule has 0 aliphatic heterocycles. The van der Waals surface area contributed by atoms with E-state index in [1.165, 1.54) is 11.3 Å². The number of nitrogens with zero attached hydrogens (tertiary/aromatic N) is 6. The summed E-state index contributed by atoms with van der Waals surface area (Å²) in [6, 6.07) is 0. The highest BCUT2D eigenvalue weighted by atomic mass is 35.5. The van der Waals surface area contributed by atoms with E-state index in [2.05, 4.69) is 27.3 Å². The van der Waals surface area contributed by atoms with Gasteiger partial charge in [0.25, 0.3) is 0 Å². The Labute approximate surface area is 112 Å². The molecule has 3 heterocycles. The van der Waals surface area contributed by atoms with Crippen LogP contribution >= 0.6 is 22.9 Å². The molecule has 0 N–H and O–H groups in total. The van der Waals surface area contributed by atoms with Crippen LogP contribution < -0.4 is 0 Å². The average Bonchev–Trinajstić information content (AvgIpc) is 2.95. The SMILES string of the molecule is CCCc1nnc2sc(-c3nn(C)cc3Cl)nn12. The van der Waals surface area contributed by atoms with E-state index in [1.54, 1.807) is 15.4 Å².